The lowest BCUT2D eigenvalue weighted by Gasteiger charge is -2.05. The van der Waals surface area contributed by atoms with Gasteiger partial charge in [-0.2, -0.15) is 0 Å². The van der Waals surface area contributed by atoms with Crippen LogP contribution in [0.15, 0.2) is 24.4 Å². The number of hydrogen-bond acceptors (Lipinski definition) is 4. The molecule has 0 radical (unpaired) electrons. The Kier molecular flexibility index (Phi) is 4.93. The van der Waals surface area contributed by atoms with Crippen molar-refractivity contribution >= 4 is 11.3 Å². The summed E-state index contributed by atoms with van der Waals surface area (Å²) in [6, 6.07) is 6.15. The fraction of sp³-hybridized carbons (Fsp3) is 0.400. The molecule has 2 rings (SSSR count). The Hall–Kier alpha value is -1.39. The summed E-state index contributed by atoms with van der Waals surface area (Å²) in [6.45, 7) is 8.78. The fourth-order valence-corrected chi connectivity index (χ4v) is 2.78. The van der Waals surface area contributed by atoms with E-state index in [9.17, 15) is 0 Å². The van der Waals surface area contributed by atoms with Crippen LogP contribution in [0, 0.1) is 13.8 Å². The smallest absolute Gasteiger partial charge is 0.138 e. The zero-order valence-electron chi connectivity index (χ0n) is 11.7. The highest BCUT2D eigenvalue weighted by molar-refractivity contribution is 7.12. The minimum Gasteiger partial charge on any atom is -0.487 e. The molecule has 3 nitrogen and oxygen atoms in total. The molecule has 2 aromatic rings. The number of ether oxygens (including phenoxy) is 1. The van der Waals surface area contributed by atoms with E-state index < -0.39 is 0 Å². The Balaban J connectivity index is 1.95. The summed E-state index contributed by atoms with van der Waals surface area (Å²) < 4.78 is 5.77. The van der Waals surface area contributed by atoms with Gasteiger partial charge in [0.25, 0.3) is 0 Å². The minimum absolute atomic E-state index is 0.610. The molecule has 0 saturated heterocycles. The molecule has 19 heavy (non-hydrogen) atoms. The van der Waals surface area contributed by atoms with E-state index in [4.69, 9.17) is 4.74 Å². The van der Waals surface area contributed by atoms with Crippen molar-refractivity contribution < 1.29 is 4.74 Å². The second-order valence-corrected chi connectivity index (χ2v) is 5.84. The third-order valence-corrected chi connectivity index (χ3v) is 3.99. The van der Waals surface area contributed by atoms with Crippen LogP contribution in [0.5, 0.6) is 5.75 Å². The molecule has 0 aliphatic carbocycles. The molecule has 0 unspecified atom stereocenters. The molecular formula is C15H20N2OS. The van der Waals surface area contributed by atoms with Crippen LogP contribution in [0.2, 0.25) is 0 Å². The van der Waals surface area contributed by atoms with Gasteiger partial charge in [0, 0.05) is 27.6 Å². The Morgan fingerprint density at radius 1 is 1.32 bits per heavy atom. The van der Waals surface area contributed by atoms with E-state index in [2.05, 4.69) is 30.2 Å². The Labute approximate surface area is 118 Å². The first-order chi connectivity index (χ1) is 9.19. The van der Waals surface area contributed by atoms with Gasteiger partial charge in [-0.3, -0.25) is 4.98 Å². The average Bonchev–Trinajstić information content (AvgIpc) is 2.76. The lowest BCUT2D eigenvalue weighted by Crippen LogP contribution is -2.10. The standard InChI is InChI=1S/C15H20N2OS/c1-4-16-9-15-7-13(12(3)19-15)10-18-14-6-5-11(2)17-8-14/h5-8,16H,4,9-10H2,1-3H3. The molecule has 4 heteroatoms. The van der Waals surface area contributed by atoms with Crippen molar-refractivity contribution in [3.8, 4) is 5.75 Å². The van der Waals surface area contributed by atoms with E-state index in [1.807, 2.05) is 30.4 Å². The van der Waals surface area contributed by atoms with E-state index >= 15 is 0 Å². The molecule has 0 atom stereocenters. The predicted molar refractivity (Wildman–Crippen MR) is 79.7 cm³/mol. The summed E-state index contributed by atoms with van der Waals surface area (Å²) >= 11 is 1.83. The van der Waals surface area contributed by atoms with E-state index in [1.54, 1.807) is 6.20 Å². The van der Waals surface area contributed by atoms with Gasteiger partial charge in [0.05, 0.1) is 6.20 Å². The maximum atomic E-state index is 5.77. The van der Waals surface area contributed by atoms with Gasteiger partial charge in [0.1, 0.15) is 12.4 Å². The van der Waals surface area contributed by atoms with Crippen molar-refractivity contribution in [1.29, 1.82) is 0 Å². The van der Waals surface area contributed by atoms with Crippen molar-refractivity contribution in [2.75, 3.05) is 6.54 Å². The number of nitrogens with zero attached hydrogens (tertiary/aromatic N) is 1. The Morgan fingerprint density at radius 3 is 2.84 bits per heavy atom. The quantitative estimate of drug-likeness (QED) is 0.877. The molecule has 102 valence electrons. The Morgan fingerprint density at radius 2 is 2.16 bits per heavy atom. The van der Waals surface area contributed by atoms with Crippen molar-refractivity contribution in [2.24, 2.45) is 0 Å². The predicted octanol–water partition coefficient (Wildman–Crippen LogP) is 3.45. The summed E-state index contributed by atoms with van der Waals surface area (Å²) in [7, 11) is 0. The lowest BCUT2D eigenvalue weighted by atomic mass is 10.2. The monoisotopic (exact) mass is 276 g/mol. The molecule has 0 amide bonds. The number of nitrogens with one attached hydrogen (secondary N) is 1. The van der Waals surface area contributed by atoms with E-state index in [-0.39, 0.29) is 0 Å². The highest BCUT2D eigenvalue weighted by atomic mass is 32.1. The van der Waals surface area contributed by atoms with Crippen molar-refractivity contribution in [3.63, 3.8) is 0 Å². The van der Waals surface area contributed by atoms with Crippen molar-refractivity contribution in [3.05, 3.63) is 45.4 Å². The first-order valence-corrected chi connectivity index (χ1v) is 7.35. The zero-order chi connectivity index (χ0) is 13.7. The van der Waals surface area contributed by atoms with E-state index in [1.165, 1.54) is 15.3 Å². The minimum atomic E-state index is 0.610. The number of rotatable bonds is 6. The first kappa shape index (κ1) is 14.0. The van der Waals surface area contributed by atoms with Gasteiger partial charge in [0.2, 0.25) is 0 Å². The zero-order valence-corrected chi connectivity index (χ0v) is 12.5. The second-order valence-electron chi connectivity index (χ2n) is 4.50. The fourth-order valence-electron chi connectivity index (χ4n) is 1.77. The topological polar surface area (TPSA) is 34.1 Å². The van der Waals surface area contributed by atoms with E-state index in [0.29, 0.717) is 6.61 Å². The van der Waals surface area contributed by atoms with Crippen LogP contribution >= 0.6 is 11.3 Å². The van der Waals surface area contributed by atoms with Crippen LogP contribution < -0.4 is 10.1 Å². The SMILES string of the molecule is CCNCc1cc(COc2ccc(C)nc2)c(C)s1. The number of thiophene rings is 1. The molecular weight excluding hydrogens is 256 g/mol. The van der Waals surface area contributed by atoms with Gasteiger partial charge in [-0.05, 0) is 38.6 Å². The van der Waals surface area contributed by atoms with Crippen LogP contribution in [0.3, 0.4) is 0 Å². The number of aryl methyl sites for hydroxylation is 2. The molecule has 1 N–H and O–H groups in total. The molecule has 0 aliphatic heterocycles. The highest BCUT2D eigenvalue weighted by Gasteiger charge is 2.06. The second kappa shape index (κ2) is 6.68. The van der Waals surface area contributed by atoms with Crippen molar-refractivity contribution in [2.45, 2.75) is 33.9 Å². The molecule has 0 aliphatic rings. The lowest BCUT2D eigenvalue weighted by molar-refractivity contribution is 0.304. The molecule has 0 spiro atoms. The summed E-state index contributed by atoms with van der Waals surface area (Å²) in [6.07, 6.45) is 1.77. The van der Waals surface area contributed by atoms with Crippen LogP contribution in [-0.4, -0.2) is 11.5 Å². The molecule has 0 fully saturated rings. The number of hydrogen-bond donors (Lipinski definition) is 1. The van der Waals surface area contributed by atoms with Crippen LogP contribution in [-0.2, 0) is 13.2 Å². The summed E-state index contributed by atoms with van der Waals surface area (Å²) in [5.74, 6) is 0.824. The van der Waals surface area contributed by atoms with Crippen LogP contribution in [0.1, 0.15) is 27.9 Å². The first-order valence-electron chi connectivity index (χ1n) is 6.53. The normalized spacial score (nSPS) is 10.7. The van der Waals surface area contributed by atoms with Gasteiger partial charge in [0.15, 0.2) is 0 Å². The Bertz CT molecular complexity index is 519. The average molecular weight is 276 g/mol. The largest absolute Gasteiger partial charge is 0.487 e. The molecule has 0 bridgehead atoms. The van der Waals surface area contributed by atoms with Crippen LogP contribution in [0.4, 0.5) is 0 Å². The van der Waals surface area contributed by atoms with Crippen molar-refractivity contribution in [1.82, 2.24) is 10.3 Å². The molecule has 0 aromatic carbocycles. The summed E-state index contributed by atoms with van der Waals surface area (Å²) in [5.41, 5.74) is 2.27. The molecule has 2 heterocycles. The highest BCUT2D eigenvalue weighted by Crippen LogP contribution is 2.23. The molecule has 0 saturated carbocycles. The molecule has 2 aromatic heterocycles. The van der Waals surface area contributed by atoms with Gasteiger partial charge in [-0.15, -0.1) is 11.3 Å². The van der Waals surface area contributed by atoms with E-state index in [0.717, 1.165) is 24.5 Å². The van der Waals surface area contributed by atoms with Crippen LogP contribution in [0.25, 0.3) is 0 Å². The van der Waals surface area contributed by atoms with Gasteiger partial charge in [-0.25, -0.2) is 0 Å². The van der Waals surface area contributed by atoms with Gasteiger partial charge in [-0.1, -0.05) is 6.92 Å². The third kappa shape index (κ3) is 4.04. The maximum absolute atomic E-state index is 5.77. The number of pyridine rings is 1. The summed E-state index contributed by atoms with van der Waals surface area (Å²) in [5, 5.41) is 3.34. The maximum Gasteiger partial charge on any atom is 0.138 e. The van der Waals surface area contributed by atoms with Gasteiger partial charge < -0.3 is 10.1 Å². The number of aromatic nitrogens is 1. The summed E-state index contributed by atoms with van der Waals surface area (Å²) in [4.78, 5) is 6.92. The third-order valence-electron chi connectivity index (χ3n) is 2.90. The van der Waals surface area contributed by atoms with Gasteiger partial charge >= 0.3 is 0 Å².